The van der Waals surface area contributed by atoms with E-state index in [0.717, 1.165) is 18.4 Å². The van der Waals surface area contributed by atoms with Crippen LogP contribution in [0.2, 0.25) is 0 Å². The van der Waals surface area contributed by atoms with Crippen LogP contribution in [-0.2, 0) is 5.60 Å². The molecule has 0 radical (unpaired) electrons. The van der Waals surface area contributed by atoms with Crippen LogP contribution in [0.1, 0.15) is 32.3 Å². The maximum Gasteiger partial charge on any atom is 0.0963 e. The summed E-state index contributed by atoms with van der Waals surface area (Å²) in [6.07, 6.45) is 5.19. The number of hydrogen-bond acceptors (Lipinski definition) is 2. The molecule has 0 spiro atoms. The van der Waals surface area contributed by atoms with Gasteiger partial charge in [-0.3, -0.25) is 0 Å². The van der Waals surface area contributed by atoms with Crippen molar-refractivity contribution in [2.45, 2.75) is 32.3 Å². The Morgan fingerprint density at radius 2 is 2.38 bits per heavy atom. The minimum absolute atomic E-state index is 0.426. The molecule has 1 N–H and O–H groups in total. The second-order valence-electron chi connectivity index (χ2n) is 4.11. The van der Waals surface area contributed by atoms with Crippen molar-refractivity contribution in [3.63, 3.8) is 0 Å². The van der Waals surface area contributed by atoms with Gasteiger partial charge in [-0.25, -0.2) is 0 Å². The number of hydrogen-bond donors (Lipinski definition) is 1. The largest absolute Gasteiger partial charge is 0.472 e. The van der Waals surface area contributed by atoms with E-state index in [4.69, 9.17) is 4.42 Å². The predicted molar refractivity (Wildman–Crippen MR) is 50.2 cm³/mol. The Labute approximate surface area is 78.6 Å². The van der Waals surface area contributed by atoms with Gasteiger partial charge in [0.05, 0.1) is 18.1 Å². The van der Waals surface area contributed by atoms with Gasteiger partial charge in [0.2, 0.25) is 0 Å². The smallest absolute Gasteiger partial charge is 0.0963 e. The van der Waals surface area contributed by atoms with Crippen molar-refractivity contribution in [3.8, 4) is 0 Å². The van der Waals surface area contributed by atoms with Crippen LogP contribution in [0.5, 0.6) is 0 Å². The fourth-order valence-corrected chi connectivity index (χ4v) is 2.18. The normalized spacial score (nSPS) is 31.3. The van der Waals surface area contributed by atoms with Gasteiger partial charge in [0.25, 0.3) is 0 Å². The molecule has 3 unspecified atom stereocenters. The van der Waals surface area contributed by atoms with Crippen molar-refractivity contribution in [2.75, 3.05) is 0 Å². The molecular formula is C11H16O2. The summed E-state index contributed by atoms with van der Waals surface area (Å²) in [5.41, 5.74) is 0.288. The zero-order valence-electron chi connectivity index (χ0n) is 8.16. The zero-order chi connectivity index (χ0) is 9.47. The monoisotopic (exact) mass is 180 g/mol. The van der Waals surface area contributed by atoms with Crippen molar-refractivity contribution in [1.82, 2.24) is 0 Å². The predicted octanol–water partition coefficient (Wildman–Crippen LogP) is 2.53. The van der Waals surface area contributed by atoms with Crippen LogP contribution < -0.4 is 0 Å². The number of furan rings is 1. The third-order valence-corrected chi connectivity index (χ3v) is 3.28. The van der Waals surface area contributed by atoms with Gasteiger partial charge in [0, 0.05) is 5.56 Å². The van der Waals surface area contributed by atoms with Gasteiger partial charge in [-0.1, -0.05) is 13.8 Å². The molecule has 1 aliphatic carbocycles. The summed E-state index contributed by atoms with van der Waals surface area (Å²) < 4.78 is 5.02. The fourth-order valence-electron chi connectivity index (χ4n) is 2.18. The van der Waals surface area contributed by atoms with E-state index < -0.39 is 5.60 Å². The summed E-state index contributed by atoms with van der Waals surface area (Å²) in [5.74, 6) is 1.08. The SMILES string of the molecule is CCC(O)(c1ccoc1)C1CC1C. The Hall–Kier alpha value is -0.760. The highest BCUT2D eigenvalue weighted by Crippen LogP contribution is 2.52. The van der Waals surface area contributed by atoms with Gasteiger partial charge in [-0.2, -0.15) is 0 Å². The quantitative estimate of drug-likeness (QED) is 0.775. The van der Waals surface area contributed by atoms with Gasteiger partial charge in [0.1, 0.15) is 0 Å². The molecule has 72 valence electrons. The van der Waals surface area contributed by atoms with Crippen molar-refractivity contribution < 1.29 is 9.52 Å². The maximum absolute atomic E-state index is 10.4. The highest BCUT2D eigenvalue weighted by molar-refractivity contribution is 5.20. The Balaban J connectivity index is 2.25. The van der Waals surface area contributed by atoms with Gasteiger partial charge in [-0.05, 0) is 30.7 Å². The molecule has 0 bridgehead atoms. The Kier molecular flexibility index (Phi) is 1.95. The topological polar surface area (TPSA) is 33.4 Å². The first-order valence-electron chi connectivity index (χ1n) is 4.93. The first-order chi connectivity index (χ1) is 6.18. The first kappa shape index (κ1) is 8.82. The summed E-state index contributed by atoms with van der Waals surface area (Å²) in [4.78, 5) is 0. The van der Waals surface area contributed by atoms with Gasteiger partial charge < -0.3 is 9.52 Å². The fraction of sp³-hybridized carbons (Fsp3) is 0.636. The lowest BCUT2D eigenvalue weighted by atomic mass is 9.87. The van der Waals surface area contributed by atoms with E-state index in [-0.39, 0.29) is 0 Å². The maximum atomic E-state index is 10.4. The van der Waals surface area contributed by atoms with Crippen LogP contribution in [0.4, 0.5) is 0 Å². The van der Waals surface area contributed by atoms with Crippen LogP contribution in [-0.4, -0.2) is 5.11 Å². The lowest BCUT2D eigenvalue weighted by Gasteiger charge is -2.25. The Bertz CT molecular complexity index is 278. The van der Waals surface area contributed by atoms with Crippen molar-refractivity contribution in [1.29, 1.82) is 0 Å². The van der Waals surface area contributed by atoms with Crippen molar-refractivity contribution >= 4 is 0 Å². The van der Waals surface area contributed by atoms with E-state index in [1.165, 1.54) is 0 Å². The average Bonchev–Trinajstić information content (AvgIpc) is 2.71. The lowest BCUT2D eigenvalue weighted by molar-refractivity contribution is 0.00386. The first-order valence-corrected chi connectivity index (χ1v) is 4.93. The van der Waals surface area contributed by atoms with Crippen LogP contribution in [0.15, 0.2) is 23.0 Å². The van der Waals surface area contributed by atoms with Crippen molar-refractivity contribution in [3.05, 3.63) is 24.2 Å². The number of aliphatic hydroxyl groups is 1. The van der Waals surface area contributed by atoms with Gasteiger partial charge >= 0.3 is 0 Å². The van der Waals surface area contributed by atoms with E-state index in [0.29, 0.717) is 11.8 Å². The minimum Gasteiger partial charge on any atom is -0.472 e. The molecule has 3 atom stereocenters. The van der Waals surface area contributed by atoms with Gasteiger partial charge in [0.15, 0.2) is 0 Å². The average molecular weight is 180 g/mol. The second kappa shape index (κ2) is 2.88. The third-order valence-electron chi connectivity index (χ3n) is 3.28. The van der Waals surface area contributed by atoms with Crippen LogP contribution in [0.3, 0.4) is 0 Å². The van der Waals surface area contributed by atoms with E-state index in [1.807, 2.05) is 13.0 Å². The molecule has 0 amide bonds. The molecule has 1 heterocycles. The molecule has 13 heavy (non-hydrogen) atoms. The molecule has 1 aromatic rings. The molecule has 2 rings (SSSR count). The number of rotatable bonds is 3. The summed E-state index contributed by atoms with van der Waals surface area (Å²) in [6, 6.07) is 1.87. The Morgan fingerprint density at radius 1 is 1.69 bits per heavy atom. The molecule has 1 fully saturated rings. The highest BCUT2D eigenvalue weighted by Gasteiger charge is 2.49. The van der Waals surface area contributed by atoms with Gasteiger partial charge in [-0.15, -0.1) is 0 Å². The molecule has 1 saturated carbocycles. The van der Waals surface area contributed by atoms with Crippen LogP contribution in [0.25, 0.3) is 0 Å². The molecular weight excluding hydrogens is 164 g/mol. The third kappa shape index (κ3) is 1.29. The summed E-state index contributed by atoms with van der Waals surface area (Å²) in [6.45, 7) is 4.21. The highest BCUT2D eigenvalue weighted by atomic mass is 16.3. The molecule has 1 aromatic heterocycles. The van der Waals surface area contributed by atoms with Crippen LogP contribution in [0, 0.1) is 11.8 Å². The Morgan fingerprint density at radius 3 is 2.77 bits per heavy atom. The van der Waals surface area contributed by atoms with Crippen LogP contribution >= 0.6 is 0 Å². The summed E-state index contributed by atoms with van der Waals surface area (Å²) in [5, 5.41) is 10.4. The molecule has 2 nitrogen and oxygen atoms in total. The van der Waals surface area contributed by atoms with E-state index in [1.54, 1.807) is 12.5 Å². The standard InChI is InChI=1S/C11H16O2/c1-3-11(12,10-6-8(10)2)9-4-5-13-7-9/h4-5,7-8,10,12H,3,6H2,1-2H3. The molecule has 0 aliphatic heterocycles. The molecule has 2 heteroatoms. The lowest BCUT2D eigenvalue weighted by Crippen LogP contribution is -2.27. The van der Waals surface area contributed by atoms with E-state index in [9.17, 15) is 5.11 Å². The second-order valence-corrected chi connectivity index (χ2v) is 4.11. The van der Waals surface area contributed by atoms with Crippen molar-refractivity contribution in [2.24, 2.45) is 11.8 Å². The molecule has 0 saturated heterocycles. The molecule has 0 aromatic carbocycles. The van der Waals surface area contributed by atoms with E-state index in [2.05, 4.69) is 6.92 Å². The molecule has 1 aliphatic rings. The minimum atomic E-state index is -0.646. The van der Waals surface area contributed by atoms with E-state index >= 15 is 0 Å². The zero-order valence-corrected chi connectivity index (χ0v) is 8.16. The summed E-state index contributed by atoms with van der Waals surface area (Å²) in [7, 11) is 0. The summed E-state index contributed by atoms with van der Waals surface area (Å²) >= 11 is 0.